The summed E-state index contributed by atoms with van der Waals surface area (Å²) < 4.78 is 15.4. The van der Waals surface area contributed by atoms with Crippen LogP contribution in [0, 0.1) is 12.7 Å². The van der Waals surface area contributed by atoms with E-state index < -0.39 is 11.7 Å². The van der Waals surface area contributed by atoms with Crippen molar-refractivity contribution in [3.05, 3.63) is 64.2 Å². The smallest absolute Gasteiger partial charge is 0.266 e. The lowest BCUT2D eigenvalue weighted by atomic mass is 10.2. The molecule has 2 N–H and O–H groups in total. The van der Waals surface area contributed by atoms with Gasteiger partial charge in [-0.1, -0.05) is 30.0 Å². The highest BCUT2D eigenvalue weighted by atomic mass is 32.2. The number of aromatic nitrogens is 2. The zero-order valence-corrected chi connectivity index (χ0v) is 14.3. The molecule has 7 heteroatoms. The third-order valence-corrected chi connectivity index (χ3v) is 4.68. The molecule has 0 unspecified atom stereocenters. The Kier molecular flexibility index (Phi) is 4.85. The molecule has 5 nitrogen and oxygen atoms in total. The average Bonchev–Trinajstić information content (AvgIpc) is 2.58. The van der Waals surface area contributed by atoms with Crippen molar-refractivity contribution >= 4 is 28.6 Å². The quantitative estimate of drug-likeness (QED) is 0.563. The highest BCUT2D eigenvalue weighted by Gasteiger charge is 2.14. The summed E-state index contributed by atoms with van der Waals surface area (Å²) in [6.07, 6.45) is 0.162. The van der Waals surface area contributed by atoms with Gasteiger partial charge >= 0.3 is 0 Å². The van der Waals surface area contributed by atoms with Gasteiger partial charge in [0.1, 0.15) is 5.82 Å². The second-order valence-electron chi connectivity index (χ2n) is 5.55. The van der Waals surface area contributed by atoms with Crippen molar-refractivity contribution in [2.45, 2.75) is 18.5 Å². The Labute approximate surface area is 147 Å². The molecule has 1 aromatic heterocycles. The van der Waals surface area contributed by atoms with Crippen molar-refractivity contribution in [2.24, 2.45) is 5.73 Å². The Morgan fingerprint density at radius 1 is 1.28 bits per heavy atom. The maximum Gasteiger partial charge on any atom is 0.266 e. The minimum absolute atomic E-state index is 0.162. The van der Waals surface area contributed by atoms with Gasteiger partial charge in [-0.2, -0.15) is 0 Å². The zero-order chi connectivity index (χ0) is 18.0. The highest BCUT2D eigenvalue weighted by molar-refractivity contribution is 7.99. The van der Waals surface area contributed by atoms with Crippen LogP contribution in [0.1, 0.15) is 12.0 Å². The molecule has 3 aromatic rings. The number of carbonyl (C=O) groups is 1. The van der Waals surface area contributed by atoms with Crippen LogP contribution in [0.2, 0.25) is 0 Å². The van der Waals surface area contributed by atoms with Crippen molar-refractivity contribution < 1.29 is 9.18 Å². The van der Waals surface area contributed by atoms with Crippen molar-refractivity contribution in [2.75, 3.05) is 5.75 Å². The van der Waals surface area contributed by atoms with Crippen LogP contribution < -0.4 is 11.3 Å². The molecule has 0 spiro atoms. The second-order valence-corrected chi connectivity index (χ2v) is 6.61. The Morgan fingerprint density at radius 3 is 2.76 bits per heavy atom. The topological polar surface area (TPSA) is 78.0 Å². The summed E-state index contributed by atoms with van der Waals surface area (Å²) in [6.45, 7) is 1.66. The molecule has 2 aromatic carbocycles. The molecule has 1 amide bonds. The molecule has 0 fully saturated rings. The van der Waals surface area contributed by atoms with Crippen LogP contribution in [0.4, 0.5) is 4.39 Å². The molecule has 0 aliphatic rings. The van der Waals surface area contributed by atoms with Crippen LogP contribution in [0.3, 0.4) is 0 Å². The van der Waals surface area contributed by atoms with E-state index in [1.165, 1.54) is 22.4 Å². The van der Waals surface area contributed by atoms with Gasteiger partial charge in [0.25, 0.3) is 5.56 Å². The number of aryl methyl sites for hydroxylation is 1. The van der Waals surface area contributed by atoms with E-state index in [9.17, 15) is 14.0 Å². The number of halogens is 1. The number of hydrogen-bond donors (Lipinski definition) is 1. The van der Waals surface area contributed by atoms with Gasteiger partial charge in [-0.15, -0.1) is 0 Å². The summed E-state index contributed by atoms with van der Waals surface area (Å²) in [4.78, 5) is 28.4. The summed E-state index contributed by atoms with van der Waals surface area (Å²) in [6, 6.07) is 11.6. The van der Waals surface area contributed by atoms with Gasteiger partial charge < -0.3 is 5.73 Å². The largest absolute Gasteiger partial charge is 0.370 e. The minimum Gasteiger partial charge on any atom is -0.370 e. The first-order chi connectivity index (χ1) is 12.0. The van der Waals surface area contributed by atoms with E-state index in [-0.39, 0.29) is 12.0 Å². The van der Waals surface area contributed by atoms with Crippen LogP contribution in [0.15, 0.2) is 52.4 Å². The number of carbonyl (C=O) groups excluding carboxylic acids is 1. The predicted molar refractivity (Wildman–Crippen MR) is 96.6 cm³/mol. The van der Waals surface area contributed by atoms with Crippen molar-refractivity contribution in [1.29, 1.82) is 0 Å². The number of fused-ring (bicyclic) bond motifs is 1. The molecule has 0 saturated heterocycles. The van der Waals surface area contributed by atoms with Crippen molar-refractivity contribution in [3.63, 3.8) is 0 Å². The van der Waals surface area contributed by atoms with E-state index in [2.05, 4.69) is 4.98 Å². The Hall–Kier alpha value is -2.67. The molecule has 0 aliphatic carbocycles. The lowest BCUT2D eigenvalue weighted by Crippen LogP contribution is -2.22. The number of rotatable bonds is 5. The van der Waals surface area contributed by atoms with Crippen molar-refractivity contribution in [3.8, 4) is 5.69 Å². The third kappa shape index (κ3) is 3.56. The van der Waals surface area contributed by atoms with Crippen LogP contribution in [0.25, 0.3) is 16.6 Å². The molecule has 0 radical (unpaired) electrons. The fourth-order valence-electron chi connectivity index (χ4n) is 2.40. The zero-order valence-electron chi connectivity index (χ0n) is 13.5. The van der Waals surface area contributed by atoms with Crippen LogP contribution >= 0.6 is 11.8 Å². The standard InChI is InChI=1S/C18H16FN3O2S/c1-11-6-7-12(10-14(11)19)22-17(24)13-4-2-3-5-15(13)21-18(22)25-9-8-16(20)23/h2-7,10H,8-9H2,1H3,(H2,20,23). The first-order valence-electron chi connectivity index (χ1n) is 7.67. The van der Waals surface area contributed by atoms with Crippen LogP contribution in [-0.4, -0.2) is 21.2 Å². The summed E-state index contributed by atoms with van der Waals surface area (Å²) in [7, 11) is 0. The lowest BCUT2D eigenvalue weighted by molar-refractivity contribution is -0.117. The molecular formula is C18H16FN3O2S. The van der Waals surface area contributed by atoms with Gasteiger partial charge in [-0.05, 0) is 36.8 Å². The Bertz CT molecular complexity index is 1020. The molecule has 0 aliphatic heterocycles. The number of benzene rings is 2. The number of thioether (sulfide) groups is 1. The van der Waals surface area contributed by atoms with Crippen LogP contribution in [0.5, 0.6) is 0 Å². The molecule has 25 heavy (non-hydrogen) atoms. The first kappa shape index (κ1) is 17.2. The van der Waals surface area contributed by atoms with Crippen molar-refractivity contribution in [1.82, 2.24) is 9.55 Å². The maximum atomic E-state index is 14.0. The number of hydrogen-bond acceptors (Lipinski definition) is 4. The van der Waals surface area contributed by atoms with Gasteiger partial charge in [0.15, 0.2) is 5.16 Å². The Balaban J connectivity index is 2.18. The predicted octanol–water partition coefficient (Wildman–Crippen LogP) is 2.80. The van der Waals surface area contributed by atoms with E-state index in [4.69, 9.17) is 5.73 Å². The van der Waals surface area contributed by atoms with Gasteiger partial charge in [-0.25, -0.2) is 9.37 Å². The van der Waals surface area contributed by atoms with Gasteiger partial charge in [0, 0.05) is 12.2 Å². The fraction of sp³-hybridized carbons (Fsp3) is 0.167. The van der Waals surface area contributed by atoms with Gasteiger partial charge in [0.05, 0.1) is 16.6 Å². The summed E-state index contributed by atoms with van der Waals surface area (Å²) in [5, 5.41) is 0.843. The monoisotopic (exact) mass is 357 g/mol. The number of primary amides is 1. The molecule has 0 bridgehead atoms. The van der Waals surface area contributed by atoms with Gasteiger partial charge in [0.2, 0.25) is 5.91 Å². The van der Waals surface area contributed by atoms with E-state index in [1.807, 2.05) is 0 Å². The maximum absolute atomic E-state index is 14.0. The summed E-state index contributed by atoms with van der Waals surface area (Å²) >= 11 is 1.24. The summed E-state index contributed by atoms with van der Waals surface area (Å²) in [5.74, 6) is -0.441. The fourth-order valence-corrected chi connectivity index (χ4v) is 3.37. The Morgan fingerprint density at radius 2 is 2.04 bits per heavy atom. The van der Waals surface area contributed by atoms with E-state index in [0.717, 1.165) is 0 Å². The SMILES string of the molecule is Cc1ccc(-n2c(SCCC(N)=O)nc3ccccc3c2=O)cc1F. The molecule has 0 saturated carbocycles. The first-order valence-corrected chi connectivity index (χ1v) is 8.65. The number of nitrogens with zero attached hydrogens (tertiary/aromatic N) is 2. The summed E-state index contributed by atoms with van der Waals surface area (Å²) in [5.41, 5.74) is 6.33. The van der Waals surface area contributed by atoms with Gasteiger partial charge in [-0.3, -0.25) is 14.2 Å². The second kappa shape index (κ2) is 7.06. The molecule has 1 heterocycles. The molecule has 3 rings (SSSR count). The molecule has 128 valence electrons. The number of nitrogens with two attached hydrogens (primary N) is 1. The number of amides is 1. The number of para-hydroxylation sites is 1. The van der Waals surface area contributed by atoms with E-state index >= 15 is 0 Å². The third-order valence-electron chi connectivity index (χ3n) is 3.74. The normalized spacial score (nSPS) is 11.0. The highest BCUT2D eigenvalue weighted by Crippen LogP contribution is 2.23. The van der Waals surface area contributed by atoms with E-state index in [0.29, 0.717) is 33.1 Å². The minimum atomic E-state index is -0.427. The molecular weight excluding hydrogens is 341 g/mol. The average molecular weight is 357 g/mol. The van der Waals surface area contributed by atoms with Crippen LogP contribution in [-0.2, 0) is 4.79 Å². The molecule has 0 atom stereocenters. The lowest BCUT2D eigenvalue weighted by Gasteiger charge is -2.13. The van der Waals surface area contributed by atoms with E-state index in [1.54, 1.807) is 43.3 Å².